The van der Waals surface area contributed by atoms with Crippen molar-refractivity contribution >= 4 is 20.5 Å². The summed E-state index contributed by atoms with van der Waals surface area (Å²) < 4.78 is 271. The Morgan fingerprint density at radius 2 is 1.03 bits per heavy atom. The third-order valence-electron chi connectivity index (χ3n) is 8.71. The Morgan fingerprint density at radius 3 is 1.38 bits per heavy atom. The van der Waals surface area contributed by atoms with Gasteiger partial charge < -0.3 is 27.5 Å². The van der Waals surface area contributed by atoms with Crippen molar-refractivity contribution in [1.29, 1.82) is 0 Å². The largest absolute Gasteiger partial charge is 0.500 e. The summed E-state index contributed by atoms with van der Waals surface area (Å²) in [5.41, 5.74) is -1.67. The molecule has 0 aliphatic carbocycles. The van der Waals surface area contributed by atoms with E-state index in [0.717, 1.165) is 0 Å². The maximum absolute atomic E-state index is 14.1. The Balaban J connectivity index is 3.55. The SMILES string of the molecule is CO[Si](CCCCC(=O)OC(c1cc(OCCCC(F)(F)C(F)(F)C(F)(F)C(F)(F)F)c(OCCCC(F)(F)C(F)(F)C(F)(F)C(F)(F)F)cc1[N+](=O)[O-])C(C)C)(OC)OC. The van der Waals surface area contributed by atoms with Crippen LogP contribution in [0.25, 0.3) is 0 Å². The van der Waals surface area contributed by atoms with Crippen molar-refractivity contribution in [2.24, 2.45) is 5.92 Å². The van der Waals surface area contributed by atoms with Crippen molar-refractivity contribution in [3.05, 3.63) is 27.8 Å². The summed E-state index contributed by atoms with van der Waals surface area (Å²) in [5.74, 6) is -44.6. The molecule has 0 fully saturated rings. The van der Waals surface area contributed by atoms with Crippen LogP contribution in [0, 0.1) is 16.0 Å². The highest BCUT2D eigenvalue weighted by Gasteiger charge is 2.82. The lowest BCUT2D eigenvalue weighted by Crippen LogP contribution is -2.60. The van der Waals surface area contributed by atoms with Crippen molar-refractivity contribution in [2.45, 2.75) is 119 Å². The van der Waals surface area contributed by atoms with Crippen molar-refractivity contribution < 1.29 is 116 Å². The normalized spacial score (nSPS) is 14.6. The number of carbonyl (C=O) groups excluding carboxylic acids is 1. The molecule has 0 amide bonds. The number of ether oxygens (including phenoxy) is 3. The van der Waals surface area contributed by atoms with Gasteiger partial charge in [-0.15, -0.1) is 0 Å². The van der Waals surface area contributed by atoms with E-state index >= 15 is 0 Å². The smallest absolute Gasteiger partial charge is 0.490 e. The molecule has 0 N–H and O–H groups in total. The van der Waals surface area contributed by atoms with E-state index in [0.29, 0.717) is 12.1 Å². The monoisotopic (exact) mass is 951 g/mol. The van der Waals surface area contributed by atoms with E-state index in [1.165, 1.54) is 35.2 Å². The summed E-state index contributed by atoms with van der Waals surface area (Å²) in [4.78, 5) is 23.8. The Bertz CT molecular complexity index is 1600. The van der Waals surface area contributed by atoms with Gasteiger partial charge >= 0.3 is 62.7 Å². The number of nitro groups is 1. The van der Waals surface area contributed by atoms with E-state index in [2.05, 4.69) is 0 Å². The standard InChI is InChI=1S/C32H39F18NO9Si/c1-18(2)24(60-23(52)10-6-7-15-61(55-3,56-4)57-5)19-16-21(58-13-8-11-25(33,34)27(37,38)29(41,42)31(45,46)47)22(17-20(19)51(53)54)59-14-9-12-26(35,36)28(39,40)30(43,44)32(48,49)50/h16-18,24H,6-15H2,1-5H3. The number of carbonyl (C=O) groups is 1. The Hall–Kier alpha value is -3.47. The summed E-state index contributed by atoms with van der Waals surface area (Å²) in [7, 11) is 0.893. The number of hydrogen-bond acceptors (Lipinski definition) is 9. The zero-order valence-electron chi connectivity index (χ0n) is 32.3. The van der Waals surface area contributed by atoms with Gasteiger partial charge in [0.1, 0.15) is 6.10 Å². The summed E-state index contributed by atoms with van der Waals surface area (Å²) in [6, 6.07) is 1.17. The first-order valence-corrected chi connectivity index (χ1v) is 19.2. The molecule has 0 heterocycles. The first-order chi connectivity index (χ1) is 27.5. The van der Waals surface area contributed by atoms with Gasteiger partial charge in [-0.05, 0) is 37.7 Å². The molecule has 29 heteroatoms. The molecule has 61 heavy (non-hydrogen) atoms. The fourth-order valence-electron chi connectivity index (χ4n) is 5.18. The Morgan fingerprint density at radius 1 is 0.639 bits per heavy atom. The van der Waals surface area contributed by atoms with E-state index in [4.69, 9.17) is 27.5 Å². The predicted octanol–water partition coefficient (Wildman–Crippen LogP) is 11.1. The van der Waals surface area contributed by atoms with Crippen molar-refractivity contribution in [3.63, 3.8) is 0 Å². The summed E-state index contributed by atoms with van der Waals surface area (Å²) in [6.45, 7) is -0.0386. The van der Waals surface area contributed by atoms with E-state index in [1.807, 2.05) is 0 Å². The van der Waals surface area contributed by atoms with Crippen molar-refractivity contribution in [2.75, 3.05) is 34.5 Å². The van der Waals surface area contributed by atoms with Gasteiger partial charge in [0.2, 0.25) is 0 Å². The third kappa shape index (κ3) is 12.6. The number of rotatable bonds is 26. The molecule has 0 radical (unpaired) electrons. The number of benzene rings is 1. The molecular formula is C32H39F18NO9Si. The van der Waals surface area contributed by atoms with Crippen molar-refractivity contribution in [3.8, 4) is 11.5 Å². The lowest BCUT2D eigenvalue weighted by Gasteiger charge is -2.33. The molecule has 0 aliphatic heterocycles. The molecule has 356 valence electrons. The number of halogens is 18. The first kappa shape index (κ1) is 55.5. The minimum atomic E-state index is -7.24. The first-order valence-electron chi connectivity index (χ1n) is 17.3. The van der Waals surface area contributed by atoms with Crippen LogP contribution in [0.5, 0.6) is 11.5 Å². The van der Waals surface area contributed by atoms with Gasteiger partial charge in [-0.2, -0.15) is 79.0 Å². The van der Waals surface area contributed by atoms with E-state index in [1.54, 1.807) is 0 Å². The zero-order valence-corrected chi connectivity index (χ0v) is 33.3. The maximum Gasteiger partial charge on any atom is 0.500 e. The highest BCUT2D eigenvalue weighted by molar-refractivity contribution is 6.60. The summed E-state index contributed by atoms with van der Waals surface area (Å²) in [5, 5.41) is 12.1. The molecule has 1 aromatic carbocycles. The highest BCUT2D eigenvalue weighted by atomic mass is 28.4. The number of unbranched alkanes of at least 4 members (excludes halogenated alkanes) is 1. The maximum atomic E-state index is 14.1. The van der Waals surface area contributed by atoms with Gasteiger partial charge in [0, 0.05) is 46.6 Å². The van der Waals surface area contributed by atoms with E-state index in [-0.39, 0.29) is 25.3 Å². The molecule has 0 saturated carbocycles. The molecule has 1 aromatic rings. The molecule has 1 rings (SSSR count). The van der Waals surface area contributed by atoms with Crippen LogP contribution >= 0.6 is 0 Å². The summed E-state index contributed by atoms with van der Waals surface area (Å²) >= 11 is 0. The molecule has 0 spiro atoms. The van der Waals surface area contributed by atoms with Gasteiger partial charge in [0.05, 0.1) is 29.8 Å². The quantitative estimate of drug-likeness (QED) is 0.0223. The Kier molecular flexibility index (Phi) is 18.5. The number of alkyl halides is 18. The van der Waals surface area contributed by atoms with Gasteiger partial charge in [0.25, 0.3) is 5.69 Å². The number of esters is 1. The second-order valence-electron chi connectivity index (χ2n) is 13.4. The predicted molar refractivity (Wildman–Crippen MR) is 173 cm³/mol. The number of nitrogens with zero attached hydrogens (tertiary/aromatic N) is 1. The minimum absolute atomic E-state index is 0.106. The van der Waals surface area contributed by atoms with E-state index in [9.17, 15) is 93.9 Å². The van der Waals surface area contributed by atoms with Crippen LogP contribution in [0.2, 0.25) is 6.04 Å². The van der Waals surface area contributed by atoms with Gasteiger partial charge in [-0.25, -0.2) is 0 Å². The minimum Gasteiger partial charge on any atom is -0.490 e. The zero-order chi connectivity index (χ0) is 47.8. The topological polar surface area (TPSA) is 116 Å². The van der Waals surface area contributed by atoms with Gasteiger partial charge in [-0.3, -0.25) is 14.9 Å². The van der Waals surface area contributed by atoms with Crippen LogP contribution in [0.15, 0.2) is 12.1 Å². The molecule has 0 aliphatic rings. The fourth-order valence-corrected chi connectivity index (χ4v) is 6.98. The molecule has 0 saturated heterocycles. The second-order valence-corrected chi connectivity index (χ2v) is 16.5. The van der Waals surface area contributed by atoms with E-state index < -0.39 is 141 Å². The lowest BCUT2D eigenvalue weighted by atomic mass is 9.96. The highest BCUT2D eigenvalue weighted by Crippen LogP contribution is 2.56. The second kappa shape index (κ2) is 20.4. The number of nitro benzene ring substituents is 1. The fraction of sp³-hybridized carbons (Fsp3) is 0.781. The molecule has 0 aromatic heterocycles. The lowest BCUT2D eigenvalue weighted by molar-refractivity contribution is -0.396. The van der Waals surface area contributed by atoms with Crippen LogP contribution in [0.1, 0.15) is 70.5 Å². The number of hydrogen-bond donors (Lipinski definition) is 0. The van der Waals surface area contributed by atoms with Crippen LogP contribution in [-0.4, -0.2) is 102 Å². The molecule has 10 nitrogen and oxygen atoms in total. The van der Waals surface area contributed by atoms with Crippen LogP contribution < -0.4 is 9.47 Å². The van der Waals surface area contributed by atoms with Crippen LogP contribution in [0.3, 0.4) is 0 Å². The van der Waals surface area contributed by atoms with Gasteiger partial charge in [0.15, 0.2) is 11.5 Å². The molecule has 0 bridgehead atoms. The van der Waals surface area contributed by atoms with Crippen molar-refractivity contribution in [1.82, 2.24) is 0 Å². The average molecular weight is 952 g/mol. The Labute approximate surface area is 335 Å². The molecule has 1 unspecified atom stereocenters. The molecule has 1 atom stereocenters. The third-order valence-corrected chi connectivity index (χ3v) is 11.5. The van der Waals surface area contributed by atoms with Crippen LogP contribution in [-0.2, 0) is 22.8 Å². The molecular weight excluding hydrogens is 912 g/mol. The summed E-state index contributed by atoms with van der Waals surface area (Å²) in [6.07, 6.45) is -23.8. The van der Waals surface area contributed by atoms with Gasteiger partial charge in [-0.1, -0.05) is 13.8 Å². The van der Waals surface area contributed by atoms with Crippen LogP contribution in [0.4, 0.5) is 84.7 Å². The average Bonchev–Trinajstić information content (AvgIpc) is 3.13.